The lowest BCUT2D eigenvalue weighted by molar-refractivity contribution is -0.114. The number of amides is 3. The van der Waals surface area contributed by atoms with Crippen LogP contribution in [0.3, 0.4) is 0 Å². The molecule has 1 heterocycles. The van der Waals surface area contributed by atoms with Crippen LogP contribution in [0, 0.1) is 0 Å². The molecule has 12 nitrogen and oxygen atoms in total. The fourth-order valence-electron chi connectivity index (χ4n) is 7.10. The van der Waals surface area contributed by atoms with E-state index in [1.807, 2.05) is 6.07 Å². The first-order valence-electron chi connectivity index (χ1n) is 20.6. The second-order valence-electron chi connectivity index (χ2n) is 14.8. The molecule has 0 unspecified atom stereocenters. The zero-order valence-electron chi connectivity index (χ0n) is 33.8. The predicted octanol–water partition coefficient (Wildman–Crippen LogP) is 10.9. The molecule has 0 radical (unpaired) electrons. The summed E-state index contributed by atoms with van der Waals surface area (Å²) in [6.07, 6.45) is 14.1. The van der Waals surface area contributed by atoms with Gasteiger partial charge in [0.05, 0.1) is 16.8 Å². The van der Waals surface area contributed by atoms with Gasteiger partial charge in [-0.1, -0.05) is 119 Å². The molecule has 0 aliphatic carbocycles. The van der Waals surface area contributed by atoms with Crippen LogP contribution in [0.5, 0.6) is 11.5 Å². The molecule has 0 atom stereocenters. The van der Waals surface area contributed by atoms with Gasteiger partial charge < -0.3 is 20.5 Å². The molecule has 0 fully saturated rings. The number of aromatic hydroxyl groups is 1. The number of ether oxygens (including phenoxy) is 1. The van der Waals surface area contributed by atoms with Crippen LogP contribution in [0.1, 0.15) is 112 Å². The molecule has 0 aliphatic heterocycles. The molecule has 0 aliphatic rings. The number of rotatable bonds is 19. The maximum absolute atomic E-state index is 14.4. The zero-order valence-corrected chi connectivity index (χ0v) is 33.8. The third-order valence-electron chi connectivity index (χ3n) is 10.2. The highest BCUT2D eigenvalue weighted by Crippen LogP contribution is 2.36. The van der Waals surface area contributed by atoms with Gasteiger partial charge in [0.25, 0.3) is 5.91 Å². The number of nitrogens with zero attached hydrogens (tertiary/aromatic N) is 4. The summed E-state index contributed by atoms with van der Waals surface area (Å²) in [7, 11) is 0. The number of aromatic nitrogens is 3. The summed E-state index contributed by atoms with van der Waals surface area (Å²) in [4.78, 5) is 54.8. The molecule has 0 spiro atoms. The van der Waals surface area contributed by atoms with Crippen LogP contribution in [0.25, 0.3) is 21.8 Å². The van der Waals surface area contributed by atoms with Gasteiger partial charge in [-0.2, -0.15) is 0 Å². The van der Waals surface area contributed by atoms with Crippen molar-refractivity contribution in [1.82, 2.24) is 15.0 Å². The van der Waals surface area contributed by atoms with Crippen LogP contribution in [0.4, 0.5) is 21.9 Å². The molecule has 1 aromatic heterocycles. The van der Waals surface area contributed by atoms with Gasteiger partial charge in [0.1, 0.15) is 22.5 Å². The first kappa shape index (κ1) is 42.1. The Morgan fingerprint density at radius 2 is 1.29 bits per heavy atom. The number of carbonyl (C=O) groups excluding carboxylic acids is 4. The van der Waals surface area contributed by atoms with Crippen molar-refractivity contribution in [2.24, 2.45) is 0 Å². The van der Waals surface area contributed by atoms with Gasteiger partial charge in [-0.25, -0.2) is 9.59 Å². The van der Waals surface area contributed by atoms with E-state index in [1.165, 1.54) is 64.4 Å². The molecule has 3 N–H and O–H groups in total. The first-order valence-corrected chi connectivity index (χ1v) is 20.6. The number of phenolic OH excluding ortho intramolecular Hbond substituents is 1. The van der Waals surface area contributed by atoms with E-state index in [1.54, 1.807) is 95.9 Å². The molecule has 3 amide bonds. The zero-order chi connectivity index (χ0) is 41.6. The molecule has 0 bridgehead atoms. The number of fused-ring (bicyclic) bond motifs is 2. The van der Waals surface area contributed by atoms with E-state index in [-0.39, 0.29) is 22.8 Å². The molecular formula is C47H52N6O6. The van der Waals surface area contributed by atoms with E-state index in [0.717, 1.165) is 30.5 Å². The summed E-state index contributed by atoms with van der Waals surface area (Å²) in [6.45, 7) is 4.01. The lowest BCUT2D eigenvalue weighted by Gasteiger charge is -2.24. The van der Waals surface area contributed by atoms with Crippen LogP contribution in [0.2, 0.25) is 0 Å². The second kappa shape index (κ2) is 20.7. The van der Waals surface area contributed by atoms with Gasteiger partial charge in [0.15, 0.2) is 0 Å². The number of para-hydroxylation sites is 1. The highest BCUT2D eigenvalue weighted by molar-refractivity contribution is 6.13. The summed E-state index contributed by atoms with van der Waals surface area (Å²) >= 11 is 0. The van der Waals surface area contributed by atoms with Crippen LogP contribution in [0.15, 0.2) is 103 Å². The van der Waals surface area contributed by atoms with E-state index >= 15 is 0 Å². The number of hydrogen-bond donors (Lipinski definition) is 3. The van der Waals surface area contributed by atoms with Crippen molar-refractivity contribution >= 4 is 62.7 Å². The monoisotopic (exact) mass is 796 g/mol. The van der Waals surface area contributed by atoms with Crippen molar-refractivity contribution in [3.8, 4) is 11.5 Å². The molecule has 306 valence electrons. The quantitative estimate of drug-likeness (QED) is 0.0415. The smallest absolute Gasteiger partial charge is 0.366 e. The maximum atomic E-state index is 14.4. The SMILES string of the molecule is CCCCCCCCCCCCCCN(C(=O)n1nc2ccc(C(=O)Oc3ccccc3)cc2n1)c1cccc2c(O)c(C(=O)Nc3ccc(NC(C)=O)cc3)ccc12. The number of esters is 1. The van der Waals surface area contributed by atoms with Gasteiger partial charge in [-0.3, -0.25) is 14.5 Å². The Morgan fingerprint density at radius 1 is 0.661 bits per heavy atom. The van der Waals surface area contributed by atoms with E-state index in [0.29, 0.717) is 51.2 Å². The minimum absolute atomic E-state index is 0.0565. The molecule has 6 aromatic rings. The third kappa shape index (κ3) is 11.3. The molecule has 0 saturated carbocycles. The van der Waals surface area contributed by atoms with Crippen molar-refractivity contribution in [3.63, 3.8) is 0 Å². The molecule has 59 heavy (non-hydrogen) atoms. The second-order valence-corrected chi connectivity index (χ2v) is 14.8. The van der Waals surface area contributed by atoms with E-state index < -0.39 is 17.9 Å². The van der Waals surface area contributed by atoms with Crippen LogP contribution < -0.4 is 20.3 Å². The fourth-order valence-corrected chi connectivity index (χ4v) is 7.10. The molecular weight excluding hydrogens is 745 g/mol. The van der Waals surface area contributed by atoms with Gasteiger partial charge in [-0.15, -0.1) is 10.2 Å². The topological polar surface area (TPSA) is 156 Å². The van der Waals surface area contributed by atoms with Crippen LogP contribution >= 0.6 is 0 Å². The summed E-state index contributed by atoms with van der Waals surface area (Å²) < 4.78 is 5.50. The minimum atomic E-state index is -0.559. The van der Waals surface area contributed by atoms with Gasteiger partial charge in [-0.05, 0) is 73.2 Å². The Morgan fingerprint density at radius 3 is 1.95 bits per heavy atom. The summed E-state index contributed by atoms with van der Waals surface area (Å²) in [5, 5.41) is 26.9. The highest BCUT2D eigenvalue weighted by atomic mass is 16.5. The summed E-state index contributed by atoms with van der Waals surface area (Å²) in [6, 6.07) is 28.2. The largest absolute Gasteiger partial charge is 0.506 e. The lowest BCUT2D eigenvalue weighted by atomic mass is 10.0. The first-order chi connectivity index (χ1) is 28.7. The molecule has 5 aromatic carbocycles. The summed E-state index contributed by atoms with van der Waals surface area (Å²) in [5.74, 6) is -1.11. The number of carbonyl (C=O) groups is 4. The number of phenols is 1. The minimum Gasteiger partial charge on any atom is -0.506 e. The van der Waals surface area contributed by atoms with Gasteiger partial charge in [0.2, 0.25) is 5.91 Å². The van der Waals surface area contributed by atoms with Crippen LogP contribution in [-0.2, 0) is 4.79 Å². The highest BCUT2D eigenvalue weighted by Gasteiger charge is 2.24. The molecule has 0 saturated heterocycles. The Balaban J connectivity index is 1.20. The fraction of sp³-hybridized carbons (Fsp3) is 0.319. The van der Waals surface area contributed by atoms with Crippen molar-refractivity contribution in [3.05, 3.63) is 114 Å². The number of anilines is 3. The Bertz CT molecular complexity index is 2380. The average molecular weight is 797 g/mol. The van der Waals surface area contributed by atoms with E-state index in [4.69, 9.17) is 4.74 Å². The van der Waals surface area contributed by atoms with E-state index in [9.17, 15) is 24.3 Å². The molecule has 6 rings (SSSR count). The lowest BCUT2D eigenvalue weighted by Crippen LogP contribution is -2.37. The third-order valence-corrected chi connectivity index (χ3v) is 10.2. The number of hydrogen-bond acceptors (Lipinski definition) is 8. The normalized spacial score (nSPS) is 11.1. The summed E-state index contributed by atoms with van der Waals surface area (Å²) in [5.41, 5.74) is 2.70. The Kier molecular flexibility index (Phi) is 14.8. The molecule has 12 heteroatoms. The standard InChI is InChI=1S/C47H52N6O6/c1-3-4-5-6-7-8-9-10-11-12-13-17-31-52(47(58)53-50-41-30-23-34(32-42(41)51-53)46(57)59-37-19-15-14-16-20-37)43-22-18-21-39-38(43)28-29-40(44(39)55)45(56)49-36-26-24-35(25-27-36)48-33(2)54/h14-16,18-30,32,55H,3-13,17,31H2,1-2H3,(H,48,54)(H,49,56). The number of benzene rings is 5. The van der Waals surface area contributed by atoms with Crippen molar-refractivity contribution in [1.29, 1.82) is 0 Å². The number of nitrogens with one attached hydrogen (secondary N) is 2. The van der Waals surface area contributed by atoms with Gasteiger partial charge in [0, 0.05) is 35.6 Å². The maximum Gasteiger partial charge on any atom is 0.366 e. The van der Waals surface area contributed by atoms with Crippen LogP contribution in [-0.4, -0.2) is 50.5 Å². The Labute approximate surface area is 344 Å². The number of unbranched alkanes of at least 4 members (excludes halogenated alkanes) is 11. The van der Waals surface area contributed by atoms with E-state index in [2.05, 4.69) is 27.8 Å². The van der Waals surface area contributed by atoms with Crippen molar-refractivity contribution < 1.29 is 29.0 Å². The predicted molar refractivity (Wildman–Crippen MR) is 232 cm³/mol. The van der Waals surface area contributed by atoms with Crippen molar-refractivity contribution in [2.45, 2.75) is 90.9 Å². The van der Waals surface area contributed by atoms with Gasteiger partial charge >= 0.3 is 12.0 Å². The Hall–Kier alpha value is -6.56. The average Bonchev–Trinajstić information content (AvgIpc) is 3.67. The van der Waals surface area contributed by atoms with Crippen molar-refractivity contribution in [2.75, 3.05) is 22.1 Å².